The number of halogens is 2. The molecule has 0 bridgehead atoms. The molecule has 0 spiro atoms. The highest BCUT2D eigenvalue weighted by atomic mass is 79.9. The molecular formula is C14H14BrFN2O. The minimum absolute atomic E-state index is 0.230. The van der Waals surface area contributed by atoms with Gasteiger partial charge in [0, 0.05) is 10.7 Å². The molecule has 1 aromatic heterocycles. The van der Waals surface area contributed by atoms with Gasteiger partial charge in [-0.05, 0) is 46.1 Å². The molecule has 0 fully saturated rings. The molecule has 0 radical (unpaired) electrons. The Morgan fingerprint density at radius 1 is 1.37 bits per heavy atom. The summed E-state index contributed by atoms with van der Waals surface area (Å²) in [5.41, 5.74) is 7.30. The zero-order valence-electron chi connectivity index (χ0n) is 10.4. The highest BCUT2D eigenvalue weighted by molar-refractivity contribution is 9.10. The van der Waals surface area contributed by atoms with Gasteiger partial charge in [0.1, 0.15) is 0 Å². The van der Waals surface area contributed by atoms with E-state index < -0.39 is 0 Å². The van der Waals surface area contributed by atoms with Crippen LogP contribution in [0.2, 0.25) is 0 Å². The van der Waals surface area contributed by atoms with Crippen molar-refractivity contribution in [2.24, 2.45) is 5.73 Å². The van der Waals surface area contributed by atoms with Gasteiger partial charge in [0.2, 0.25) is 0 Å². The number of ether oxygens (including phenoxy) is 1. The Balaban J connectivity index is 2.19. The number of benzene rings is 1. The molecule has 1 atom stereocenters. The Hall–Kier alpha value is -1.46. The third kappa shape index (κ3) is 3.30. The van der Waals surface area contributed by atoms with Crippen molar-refractivity contribution in [1.29, 1.82) is 0 Å². The van der Waals surface area contributed by atoms with Gasteiger partial charge in [-0.15, -0.1) is 0 Å². The fourth-order valence-corrected chi connectivity index (χ4v) is 2.05. The van der Waals surface area contributed by atoms with Gasteiger partial charge >= 0.3 is 0 Å². The molecule has 0 aliphatic rings. The summed E-state index contributed by atoms with van der Waals surface area (Å²) in [5.74, 6) is -0.133. The number of nitrogens with zero attached hydrogens (tertiary/aromatic N) is 1. The molecule has 5 heteroatoms. The largest absolute Gasteiger partial charge is 0.494 e. The van der Waals surface area contributed by atoms with Crippen molar-refractivity contribution in [1.82, 2.24) is 4.98 Å². The van der Waals surface area contributed by atoms with Crippen molar-refractivity contribution >= 4 is 15.9 Å². The van der Waals surface area contributed by atoms with E-state index >= 15 is 0 Å². The maximum Gasteiger partial charge on any atom is 0.168 e. The predicted octanol–water partition coefficient (Wildman–Crippen LogP) is 3.23. The minimum atomic E-state index is -0.363. The lowest BCUT2D eigenvalue weighted by atomic mass is 10.0. The van der Waals surface area contributed by atoms with Crippen molar-refractivity contribution in [3.63, 3.8) is 0 Å². The van der Waals surface area contributed by atoms with Crippen molar-refractivity contribution in [3.8, 4) is 5.75 Å². The van der Waals surface area contributed by atoms with Gasteiger partial charge in [0.25, 0.3) is 0 Å². The van der Waals surface area contributed by atoms with Crippen LogP contribution in [0, 0.1) is 5.82 Å². The summed E-state index contributed by atoms with van der Waals surface area (Å²) in [6.45, 7) is 0. The van der Waals surface area contributed by atoms with Gasteiger partial charge in [-0.25, -0.2) is 4.39 Å². The Kier molecular flexibility index (Phi) is 4.50. The molecule has 0 amide bonds. The smallest absolute Gasteiger partial charge is 0.168 e. The van der Waals surface area contributed by atoms with Crippen LogP contribution in [0.25, 0.3) is 0 Å². The van der Waals surface area contributed by atoms with Crippen molar-refractivity contribution in [2.45, 2.75) is 12.5 Å². The van der Waals surface area contributed by atoms with Gasteiger partial charge in [0.05, 0.1) is 18.8 Å². The van der Waals surface area contributed by atoms with Crippen molar-refractivity contribution in [3.05, 3.63) is 58.1 Å². The van der Waals surface area contributed by atoms with Crippen molar-refractivity contribution < 1.29 is 9.13 Å². The standard InChI is InChI=1S/C14H14BrFN2O/c1-19-13-4-2-3-9(14(13)16)7-11(17)12-6-5-10(15)8-18-12/h2-6,8,11H,7,17H2,1H3. The molecule has 2 rings (SSSR count). The van der Waals surface area contributed by atoms with Crippen LogP contribution in [0.1, 0.15) is 17.3 Å². The second-order valence-corrected chi connectivity index (χ2v) is 5.06. The highest BCUT2D eigenvalue weighted by Gasteiger charge is 2.14. The van der Waals surface area contributed by atoms with Crippen LogP contribution in [0.3, 0.4) is 0 Å². The number of rotatable bonds is 4. The Bertz CT molecular complexity index is 560. The quantitative estimate of drug-likeness (QED) is 0.939. The van der Waals surface area contributed by atoms with Crippen LogP contribution in [-0.2, 0) is 6.42 Å². The normalized spacial score (nSPS) is 12.2. The van der Waals surface area contributed by atoms with E-state index in [0.29, 0.717) is 12.0 Å². The molecule has 1 heterocycles. The average Bonchev–Trinajstić information content (AvgIpc) is 2.42. The lowest BCUT2D eigenvalue weighted by Gasteiger charge is -2.13. The molecule has 0 aliphatic carbocycles. The van der Waals surface area contributed by atoms with E-state index in [1.807, 2.05) is 12.1 Å². The highest BCUT2D eigenvalue weighted by Crippen LogP contribution is 2.23. The van der Waals surface area contributed by atoms with Gasteiger partial charge in [-0.2, -0.15) is 0 Å². The maximum atomic E-state index is 14.0. The number of aromatic nitrogens is 1. The third-order valence-corrected chi connectivity index (χ3v) is 3.30. The third-order valence-electron chi connectivity index (χ3n) is 2.83. The molecule has 19 heavy (non-hydrogen) atoms. The zero-order chi connectivity index (χ0) is 13.8. The van der Waals surface area contributed by atoms with E-state index in [9.17, 15) is 4.39 Å². The number of hydrogen-bond acceptors (Lipinski definition) is 3. The van der Waals surface area contributed by atoms with E-state index in [1.54, 1.807) is 24.4 Å². The van der Waals surface area contributed by atoms with Crippen LogP contribution in [0.4, 0.5) is 4.39 Å². The number of nitrogens with two attached hydrogens (primary N) is 1. The first kappa shape index (κ1) is 14.0. The molecule has 0 saturated carbocycles. The molecule has 2 N–H and O–H groups in total. The Morgan fingerprint density at radius 3 is 2.79 bits per heavy atom. The fourth-order valence-electron chi connectivity index (χ4n) is 1.82. The van der Waals surface area contributed by atoms with E-state index in [2.05, 4.69) is 20.9 Å². The first-order valence-corrected chi connectivity index (χ1v) is 6.59. The van der Waals surface area contributed by atoms with E-state index in [1.165, 1.54) is 7.11 Å². The van der Waals surface area contributed by atoms with Crippen LogP contribution >= 0.6 is 15.9 Å². The lowest BCUT2D eigenvalue weighted by molar-refractivity contribution is 0.383. The molecule has 1 aromatic carbocycles. The summed E-state index contributed by atoms with van der Waals surface area (Å²) in [7, 11) is 1.44. The number of pyridine rings is 1. The summed E-state index contributed by atoms with van der Waals surface area (Å²) < 4.78 is 19.8. The molecular weight excluding hydrogens is 311 g/mol. The van der Waals surface area contributed by atoms with Gasteiger partial charge in [-0.1, -0.05) is 12.1 Å². The molecule has 0 saturated heterocycles. The van der Waals surface area contributed by atoms with Gasteiger partial charge in [0.15, 0.2) is 11.6 Å². The monoisotopic (exact) mass is 324 g/mol. The zero-order valence-corrected chi connectivity index (χ0v) is 12.0. The summed E-state index contributed by atoms with van der Waals surface area (Å²) in [6.07, 6.45) is 2.05. The first-order chi connectivity index (χ1) is 9.11. The second-order valence-electron chi connectivity index (χ2n) is 4.15. The average molecular weight is 325 g/mol. The summed E-state index contributed by atoms with van der Waals surface area (Å²) in [5, 5.41) is 0. The van der Waals surface area contributed by atoms with E-state index in [-0.39, 0.29) is 17.6 Å². The fraction of sp³-hybridized carbons (Fsp3) is 0.214. The Labute approximate surface area is 119 Å². The topological polar surface area (TPSA) is 48.1 Å². The van der Waals surface area contributed by atoms with E-state index in [4.69, 9.17) is 10.5 Å². The molecule has 1 unspecified atom stereocenters. The summed E-state index contributed by atoms with van der Waals surface area (Å²) >= 11 is 3.31. The van der Waals surface area contributed by atoms with Crippen LogP contribution < -0.4 is 10.5 Å². The van der Waals surface area contributed by atoms with Gasteiger partial charge < -0.3 is 10.5 Å². The van der Waals surface area contributed by atoms with Crippen molar-refractivity contribution in [2.75, 3.05) is 7.11 Å². The van der Waals surface area contributed by atoms with E-state index in [0.717, 1.165) is 10.2 Å². The summed E-state index contributed by atoms with van der Waals surface area (Å²) in [4.78, 5) is 4.22. The number of hydrogen-bond donors (Lipinski definition) is 1. The lowest BCUT2D eigenvalue weighted by Crippen LogP contribution is -2.15. The second kappa shape index (κ2) is 6.12. The number of methoxy groups -OCH3 is 1. The summed E-state index contributed by atoms with van der Waals surface area (Å²) in [6, 6.07) is 8.38. The molecule has 0 aliphatic heterocycles. The molecule has 100 valence electrons. The van der Waals surface area contributed by atoms with Crippen LogP contribution in [-0.4, -0.2) is 12.1 Å². The first-order valence-electron chi connectivity index (χ1n) is 5.80. The Morgan fingerprint density at radius 2 is 2.16 bits per heavy atom. The maximum absolute atomic E-state index is 14.0. The SMILES string of the molecule is COc1cccc(CC(N)c2ccc(Br)cn2)c1F. The van der Waals surface area contributed by atoms with Crippen LogP contribution in [0.5, 0.6) is 5.75 Å². The van der Waals surface area contributed by atoms with Gasteiger partial charge in [-0.3, -0.25) is 4.98 Å². The minimum Gasteiger partial charge on any atom is -0.494 e. The predicted molar refractivity (Wildman–Crippen MR) is 75.5 cm³/mol. The molecule has 2 aromatic rings. The molecule has 3 nitrogen and oxygen atoms in total. The van der Waals surface area contributed by atoms with Crippen LogP contribution in [0.15, 0.2) is 41.0 Å².